The van der Waals surface area contributed by atoms with E-state index in [1.807, 2.05) is 0 Å². The lowest BCUT2D eigenvalue weighted by Crippen LogP contribution is -2.53. The molecule has 1 aromatic rings. The van der Waals surface area contributed by atoms with Crippen LogP contribution < -0.4 is 10.1 Å². The van der Waals surface area contributed by atoms with Gasteiger partial charge >= 0.3 is 0 Å². The van der Waals surface area contributed by atoms with E-state index in [1.54, 1.807) is 18.2 Å². The molecule has 8 heteroatoms. The molecule has 136 valence electrons. The standard InChI is InChI=1S/C17H21ClN2O4S/c18-12-3-4-15-11(7-12)8-16(24-15)17(21)19-13-9-25(22,23)10-14(13)20-5-1-2-6-20/h3-4,7,13-14,16H,1-2,5-6,8-10H2,(H,19,21). The van der Waals surface area contributed by atoms with Crippen LogP contribution in [-0.2, 0) is 21.1 Å². The Morgan fingerprint density at radius 2 is 2.00 bits per heavy atom. The van der Waals surface area contributed by atoms with Gasteiger partial charge in [-0.3, -0.25) is 9.69 Å². The molecular formula is C17H21ClN2O4S. The second kappa shape index (κ2) is 6.45. The first kappa shape index (κ1) is 17.1. The van der Waals surface area contributed by atoms with E-state index in [2.05, 4.69) is 10.2 Å². The van der Waals surface area contributed by atoms with Gasteiger partial charge in [0.2, 0.25) is 0 Å². The second-order valence-corrected chi connectivity index (χ2v) is 9.66. The van der Waals surface area contributed by atoms with E-state index in [1.165, 1.54) is 0 Å². The van der Waals surface area contributed by atoms with Crippen LogP contribution in [0.1, 0.15) is 18.4 Å². The number of halogens is 1. The molecule has 0 aromatic heterocycles. The Bertz CT molecular complexity index is 792. The van der Waals surface area contributed by atoms with Gasteiger partial charge in [0, 0.05) is 17.5 Å². The molecule has 0 bridgehead atoms. The average Bonchev–Trinajstić information content (AvgIpc) is 3.25. The summed E-state index contributed by atoms with van der Waals surface area (Å²) in [6.45, 7) is 1.80. The maximum atomic E-state index is 12.6. The molecule has 1 N–H and O–H groups in total. The van der Waals surface area contributed by atoms with E-state index >= 15 is 0 Å². The fourth-order valence-electron chi connectivity index (χ4n) is 4.04. The average molecular weight is 385 g/mol. The van der Waals surface area contributed by atoms with Crippen LogP contribution in [0.3, 0.4) is 0 Å². The van der Waals surface area contributed by atoms with Crippen LogP contribution in [0, 0.1) is 0 Å². The molecule has 3 aliphatic heterocycles. The van der Waals surface area contributed by atoms with Gasteiger partial charge in [-0.2, -0.15) is 0 Å². The van der Waals surface area contributed by atoms with Crippen molar-refractivity contribution in [2.75, 3.05) is 24.6 Å². The van der Waals surface area contributed by atoms with Gasteiger partial charge in [-0.15, -0.1) is 0 Å². The molecule has 0 radical (unpaired) electrons. The Kier molecular flexibility index (Phi) is 4.42. The summed E-state index contributed by atoms with van der Waals surface area (Å²) in [6, 6.07) is 4.80. The Labute approximate surface area is 152 Å². The van der Waals surface area contributed by atoms with Crippen molar-refractivity contribution in [3.05, 3.63) is 28.8 Å². The summed E-state index contributed by atoms with van der Waals surface area (Å²) in [6.07, 6.45) is 1.99. The third-order valence-corrected chi connectivity index (χ3v) is 7.20. The van der Waals surface area contributed by atoms with Crippen LogP contribution >= 0.6 is 11.6 Å². The lowest BCUT2D eigenvalue weighted by molar-refractivity contribution is -0.128. The van der Waals surface area contributed by atoms with Crippen LogP contribution in [0.2, 0.25) is 5.02 Å². The van der Waals surface area contributed by atoms with Gasteiger partial charge in [-0.25, -0.2) is 8.42 Å². The number of carbonyl (C=O) groups excluding carboxylic acids is 1. The molecule has 0 saturated carbocycles. The van der Waals surface area contributed by atoms with Gasteiger partial charge in [0.25, 0.3) is 5.91 Å². The van der Waals surface area contributed by atoms with Crippen molar-refractivity contribution in [3.63, 3.8) is 0 Å². The number of ether oxygens (including phenoxy) is 1. The first-order chi connectivity index (χ1) is 11.9. The molecule has 0 spiro atoms. The molecule has 1 aromatic carbocycles. The number of rotatable bonds is 3. The highest BCUT2D eigenvalue weighted by atomic mass is 35.5. The van der Waals surface area contributed by atoms with Crippen LogP contribution in [0.4, 0.5) is 0 Å². The van der Waals surface area contributed by atoms with Gasteiger partial charge in [-0.05, 0) is 49.7 Å². The molecule has 3 heterocycles. The smallest absolute Gasteiger partial charge is 0.261 e. The van der Waals surface area contributed by atoms with E-state index in [-0.39, 0.29) is 29.5 Å². The van der Waals surface area contributed by atoms with Crippen LogP contribution in [0.25, 0.3) is 0 Å². The van der Waals surface area contributed by atoms with Crippen LogP contribution in [0.15, 0.2) is 18.2 Å². The fraction of sp³-hybridized carbons (Fsp3) is 0.588. The number of likely N-dealkylation sites (tertiary alicyclic amines) is 1. The number of sulfone groups is 1. The summed E-state index contributed by atoms with van der Waals surface area (Å²) in [5.74, 6) is 0.545. The minimum Gasteiger partial charge on any atom is -0.480 e. The topological polar surface area (TPSA) is 75.7 Å². The predicted octanol–water partition coefficient (Wildman–Crippen LogP) is 1.02. The third-order valence-electron chi connectivity index (χ3n) is 5.25. The quantitative estimate of drug-likeness (QED) is 0.842. The maximum absolute atomic E-state index is 12.6. The Morgan fingerprint density at radius 3 is 2.76 bits per heavy atom. The summed E-state index contributed by atoms with van der Waals surface area (Å²) in [4.78, 5) is 14.8. The highest BCUT2D eigenvalue weighted by Gasteiger charge is 2.43. The lowest BCUT2D eigenvalue weighted by Gasteiger charge is -2.28. The molecule has 0 aliphatic carbocycles. The number of benzene rings is 1. The van der Waals surface area contributed by atoms with Crippen molar-refractivity contribution in [1.82, 2.24) is 10.2 Å². The molecule has 1 amide bonds. The molecule has 25 heavy (non-hydrogen) atoms. The Morgan fingerprint density at radius 1 is 1.24 bits per heavy atom. The van der Waals surface area contributed by atoms with Crippen LogP contribution in [0.5, 0.6) is 5.75 Å². The highest BCUT2D eigenvalue weighted by molar-refractivity contribution is 7.91. The molecule has 3 unspecified atom stereocenters. The summed E-state index contributed by atoms with van der Waals surface area (Å²) in [7, 11) is -3.13. The number of nitrogens with zero attached hydrogens (tertiary/aromatic N) is 1. The minimum atomic E-state index is -3.13. The summed E-state index contributed by atoms with van der Waals surface area (Å²) < 4.78 is 29.9. The van der Waals surface area contributed by atoms with Crippen molar-refractivity contribution >= 4 is 27.3 Å². The van der Waals surface area contributed by atoms with E-state index < -0.39 is 15.9 Å². The van der Waals surface area contributed by atoms with Crippen molar-refractivity contribution in [3.8, 4) is 5.75 Å². The molecule has 4 rings (SSSR count). The van der Waals surface area contributed by atoms with E-state index in [9.17, 15) is 13.2 Å². The molecule has 2 fully saturated rings. The van der Waals surface area contributed by atoms with Gasteiger partial charge in [0.05, 0.1) is 17.5 Å². The van der Waals surface area contributed by atoms with Crippen molar-refractivity contribution in [2.24, 2.45) is 0 Å². The van der Waals surface area contributed by atoms with Crippen molar-refractivity contribution in [1.29, 1.82) is 0 Å². The molecule has 3 atom stereocenters. The number of hydrogen-bond acceptors (Lipinski definition) is 5. The number of fused-ring (bicyclic) bond motifs is 1. The number of amides is 1. The van der Waals surface area contributed by atoms with E-state index in [0.29, 0.717) is 17.2 Å². The highest BCUT2D eigenvalue weighted by Crippen LogP contribution is 2.31. The third kappa shape index (κ3) is 3.50. The predicted molar refractivity (Wildman–Crippen MR) is 94.8 cm³/mol. The zero-order valence-electron chi connectivity index (χ0n) is 13.8. The minimum absolute atomic E-state index is 0.00536. The van der Waals surface area contributed by atoms with E-state index in [0.717, 1.165) is 31.5 Å². The van der Waals surface area contributed by atoms with Crippen molar-refractivity contribution in [2.45, 2.75) is 37.5 Å². The Hall–Kier alpha value is -1.31. The van der Waals surface area contributed by atoms with Crippen LogP contribution in [-0.4, -0.2) is 62.0 Å². The maximum Gasteiger partial charge on any atom is 0.261 e. The SMILES string of the molecule is O=C(NC1CS(=O)(=O)CC1N1CCCC1)C1Cc2cc(Cl)ccc2O1. The van der Waals surface area contributed by atoms with Gasteiger partial charge < -0.3 is 10.1 Å². The number of nitrogens with one attached hydrogen (secondary N) is 1. The van der Waals surface area contributed by atoms with E-state index in [4.69, 9.17) is 16.3 Å². The fourth-order valence-corrected chi connectivity index (χ4v) is 6.19. The monoisotopic (exact) mass is 384 g/mol. The van der Waals surface area contributed by atoms with Gasteiger partial charge in [0.15, 0.2) is 15.9 Å². The van der Waals surface area contributed by atoms with Gasteiger partial charge in [-0.1, -0.05) is 11.6 Å². The van der Waals surface area contributed by atoms with Crippen molar-refractivity contribution < 1.29 is 17.9 Å². The normalized spacial score (nSPS) is 30.8. The zero-order valence-corrected chi connectivity index (χ0v) is 15.4. The summed E-state index contributed by atoms with van der Waals surface area (Å²) in [5.41, 5.74) is 0.905. The molecular weight excluding hydrogens is 364 g/mol. The first-order valence-corrected chi connectivity index (χ1v) is 10.8. The second-order valence-electron chi connectivity index (χ2n) is 7.07. The summed E-state index contributed by atoms with van der Waals surface area (Å²) in [5, 5.41) is 3.55. The number of hydrogen-bond donors (Lipinski definition) is 1. The largest absolute Gasteiger partial charge is 0.480 e. The lowest BCUT2D eigenvalue weighted by atomic mass is 10.1. The molecule has 2 saturated heterocycles. The summed E-state index contributed by atoms with van der Waals surface area (Å²) >= 11 is 5.98. The Balaban J connectivity index is 1.45. The molecule has 6 nitrogen and oxygen atoms in total. The first-order valence-electron chi connectivity index (χ1n) is 8.61. The molecule has 3 aliphatic rings. The number of carbonyl (C=O) groups is 1. The van der Waals surface area contributed by atoms with Gasteiger partial charge in [0.1, 0.15) is 5.75 Å². The zero-order chi connectivity index (χ0) is 17.6.